The second-order valence-corrected chi connectivity index (χ2v) is 8.27. The molecule has 0 aromatic heterocycles. The molecule has 1 unspecified atom stereocenters. The highest BCUT2D eigenvalue weighted by Crippen LogP contribution is 2.28. The van der Waals surface area contributed by atoms with Crippen LogP contribution < -0.4 is 4.90 Å². The molecule has 2 aromatic rings. The molecular weight excluding hydrogens is 390 g/mol. The number of ketones is 1. The van der Waals surface area contributed by atoms with E-state index in [1.807, 2.05) is 59.5 Å². The number of benzene rings is 2. The first-order valence-corrected chi connectivity index (χ1v) is 11.0. The van der Waals surface area contributed by atoms with E-state index >= 15 is 0 Å². The van der Waals surface area contributed by atoms with E-state index in [0.717, 1.165) is 37.2 Å². The molecule has 0 N–H and O–H groups in total. The lowest BCUT2D eigenvalue weighted by Gasteiger charge is -2.41. The Hall–Kier alpha value is -3.15. The van der Waals surface area contributed by atoms with Crippen LogP contribution in [0.1, 0.15) is 48.1 Å². The van der Waals surface area contributed by atoms with Gasteiger partial charge in [0.2, 0.25) is 11.8 Å². The average Bonchev–Trinajstić information content (AvgIpc) is 2.81. The lowest BCUT2D eigenvalue weighted by atomic mass is 9.99. The number of carbonyl (C=O) groups excluding carboxylic acids is 3. The second-order valence-electron chi connectivity index (χ2n) is 8.27. The highest BCUT2D eigenvalue weighted by Gasteiger charge is 2.36. The molecule has 2 saturated heterocycles. The molecule has 6 heteroatoms. The van der Waals surface area contributed by atoms with Crippen molar-refractivity contribution in [2.45, 2.75) is 32.2 Å². The Bertz CT molecular complexity index is 934. The maximum Gasteiger partial charge on any atom is 0.250 e. The van der Waals surface area contributed by atoms with E-state index in [0.29, 0.717) is 31.6 Å². The van der Waals surface area contributed by atoms with Crippen molar-refractivity contribution in [2.75, 3.05) is 37.6 Å². The Morgan fingerprint density at radius 3 is 2.13 bits per heavy atom. The molecule has 6 nitrogen and oxygen atoms in total. The Morgan fingerprint density at radius 1 is 0.839 bits per heavy atom. The predicted octanol–water partition coefficient (Wildman–Crippen LogP) is 3.29. The number of hydrogen-bond donors (Lipinski definition) is 0. The Labute approximate surface area is 183 Å². The number of amides is 2. The van der Waals surface area contributed by atoms with Gasteiger partial charge in [-0.25, -0.2) is 0 Å². The summed E-state index contributed by atoms with van der Waals surface area (Å²) in [6.45, 7) is 4.86. The minimum atomic E-state index is -0.546. The van der Waals surface area contributed by atoms with Gasteiger partial charge in [0.15, 0.2) is 5.78 Å². The van der Waals surface area contributed by atoms with Crippen LogP contribution in [0.25, 0.3) is 0 Å². The van der Waals surface area contributed by atoms with Gasteiger partial charge < -0.3 is 14.7 Å². The van der Waals surface area contributed by atoms with Crippen LogP contribution in [0.4, 0.5) is 5.69 Å². The van der Waals surface area contributed by atoms with E-state index in [-0.39, 0.29) is 17.6 Å². The van der Waals surface area contributed by atoms with Gasteiger partial charge in [-0.1, -0.05) is 30.3 Å². The van der Waals surface area contributed by atoms with Gasteiger partial charge in [-0.2, -0.15) is 0 Å². The Morgan fingerprint density at radius 2 is 1.52 bits per heavy atom. The minimum absolute atomic E-state index is 0.00743. The van der Waals surface area contributed by atoms with Crippen LogP contribution in [0, 0.1) is 0 Å². The summed E-state index contributed by atoms with van der Waals surface area (Å²) in [6, 6.07) is 16.7. The normalized spacial score (nSPS) is 18.1. The third-order valence-corrected chi connectivity index (χ3v) is 6.25. The zero-order chi connectivity index (χ0) is 21.8. The van der Waals surface area contributed by atoms with Crippen molar-refractivity contribution >= 4 is 23.3 Å². The van der Waals surface area contributed by atoms with E-state index in [1.165, 1.54) is 0 Å². The van der Waals surface area contributed by atoms with Gasteiger partial charge >= 0.3 is 0 Å². The number of hydrogen-bond acceptors (Lipinski definition) is 4. The van der Waals surface area contributed by atoms with E-state index in [9.17, 15) is 14.4 Å². The van der Waals surface area contributed by atoms with Crippen LogP contribution in [0.3, 0.4) is 0 Å². The summed E-state index contributed by atoms with van der Waals surface area (Å²) in [6.07, 6.45) is 2.35. The number of rotatable bonds is 5. The summed E-state index contributed by atoms with van der Waals surface area (Å²) < 4.78 is 0. The first kappa shape index (κ1) is 21.1. The average molecular weight is 420 g/mol. The van der Waals surface area contributed by atoms with Gasteiger partial charge in [-0.3, -0.25) is 14.4 Å². The van der Waals surface area contributed by atoms with Gasteiger partial charge in [0.1, 0.15) is 6.04 Å². The van der Waals surface area contributed by atoms with Gasteiger partial charge in [0.05, 0.1) is 0 Å². The number of piperazine rings is 1. The molecule has 0 spiro atoms. The number of piperidine rings is 1. The monoisotopic (exact) mass is 419 g/mol. The van der Waals surface area contributed by atoms with Crippen molar-refractivity contribution in [1.82, 2.24) is 9.80 Å². The number of likely N-dealkylation sites (tertiary alicyclic amines) is 1. The van der Waals surface area contributed by atoms with E-state index in [2.05, 4.69) is 4.90 Å². The second kappa shape index (κ2) is 9.33. The fraction of sp³-hybridized carbons (Fsp3) is 0.400. The van der Waals surface area contributed by atoms with Crippen molar-refractivity contribution in [2.24, 2.45) is 0 Å². The molecule has 2 amide bonds. The first-order chi connectivity index (χ1) is 15.0. The lowest BCUT2D eigenvalue weighted by molar-refractivity contribution is -0.148. The van der Waals surface area contributed by atoms with Crippen LogP contribution >= 0.6 is 0 Å². The molecule has 2 aliphatic heterocycles. The third kappa shape index (κ3) is 4.63. The SMILES string of the molecule is CC(=O)c1ccc(N2CCN(C(=O)C(c3ccccc3)N3CCCCC3=O)CC2)cc1. The highest BCUT2D eigenvalue weighted by molar-refractivity contribution is 5.94. The van der Waals surface area contributed by atoms with Gasteiger partial charge in [-0.05, 0) is 49.6 Å². The van der Waals surface area contributed by atoms with Crippen molar-refractivity contribution in [3.8, 4) is 0 Å². The number of carbonyl (C=O) groups is 3. The number of nitrogens with zero attached hydrogens (tertiary/aromatic N) is 3. The lowest BCUT2D eigenvalue weighted by Crippen LogP contribution is -2.53. The van der Waals surface area contributed by atoms with Gasteiger partial charge in [0, 0.05) is 50.4 Å². The molecule has 0 saturated carbocycles. The van der Waals surface area contributed by atoms with Crippen molar-refractivity contribution < 1.29 is 14.4 Å². The molecule has 162 valence electrons. The van der Waals surface area contributed by atoms with Crippen LogP contribution in [0.15, 0.2) is 54.6 Å². The van der Waals surface area contributed by atoms with Gasteiger partial charge in [0.25, 0.3) is 0 Å². The van der Waals surface area contributed by atoms with E-state index < -0.39 is 6.04 Å². The molecule has 31 heavy (non-hydrogen) atoms. The summed E-state index contributed by atoms with van der Waals surface area (Å²) in [5.41, 5.74) is 2.64. The van der Waals surface area contributed by atoms with Gasteiger partial charge in [-0.15, -0.1) is 0 Å². The third-order valence-electron chi connectivity index (χ3n) is 6.25. The summed E-state index contributed by atoms with van der Waals surface area (Å²) in [5, 5.41) is 0. The zero-order valence-electron chi connectivity index (χ0n) is 18.0. The molecule has 0 aliphatic carbocycles. The topological polar surface area (TPSA) is 60.9 Å². The standard InChI is InChI=1S/C25H29N3O3/c1-19(29)20-10-12-22(13-11-20)26-15-17-27(18-16-26)25(31)24(21-7-3-2-4-8-21)28-14-6-5-9-23(28)30/h2-4,7-8,10-13,24H,5-6,9,14-18H2,1H3. The molecular formula is C25H29N3O3. The molecule has 2 aliphatic rings. The largest absolute Gasteiger partial charge is 0.368 e. The van der Waals surface area contributed by atoms with Crippen molar-refractivity contribution in [3.05, 3.63) is 65.7 Å². The number of Topliss-reactive ketones (excluding diaryl/α,β-unsaturated/α-hetero) is 1. The Kier molecular flexibility index (Phi) is 6.35. The first-order valence-electron chi connectivity index (χ1n) is 11.0. The van der Waals surface area contributed by atoms with Crippen molar-refractivity contribution in [3.63, 3.8) is 0 Å². The molecule has 2 heterocycles. The maximum absolute atomic E-state index is 13.6. The zero-order valence-corrected chi connectivity index (χ0v) is 18.0. The molecule has 0 radical (unpaired) electrons. The van der Waals surface area contributed by atoms with Crippen LogP contribution in [0.5, 0.6) is 0 Å². The predicted molar refractivity (Wildman–Crippen MR) is 120 cm³/mol. The fourth-order valence-electron chi connectivity index (χ4n) is 4.46. The molecule has 1 atom stereocenters. The smallest absolute Gasteiger partial charge is 0.250 e. The van der Waals surface area contributed by atoms with Crippen LogP contribution in [-0.4, -0.2) is 60.1 Å². The molecule has 0 bridgehead atoms. The van der Waals surface area contributed by atoms with Crippen LogP contribution in [-0.2, 0) is 9.59 Å². The molecule has 4 rings (SSSR count). The fourth-order valence-corrected chi connectivity index (χ4v) is 4.46. The Balaban J connectivity index is 1.47. The summed E-state index contributed by atoms with van der Waals surface area (Å²) in [7, 11) is 0. The highest BCUT2D eigenvalue weighted by atomic mass is 16.2. The quantitative estimate of drug-likeness (QED) is 0.698. The van der Waals surface area contributed by atoms with Crippen molar-refractivity contribution in [1.29, 1.82) is 0 Å². The molecule has 2 fully saturated rings. The van der Waals surface area contributed by atoms with E-state index in [1.54, 1.807) is 11.8 Å². The van der Waals surface area contributed by atoms with Crippen LogP contribution in [0.2, 0.25) is 0 Å². The maximum atomic E-state index is 13.6. The summed E-state index contributed by atoms with van der Waals surface area (Å²) >= 11 is 0. The summed E-state index contributed by atoms with van der Waals surface area (Å²) in [4.78, 5) is 43.6. The number of anilines is 1. The molecule has 2 aromatic carbocycles. The minimum Gasteiger partial charge on any atom is -0.368 e. The summed E-state index contributed by atoms with van der Waals surface area (Å²) in [5.74, 6) is 0.131. The van der Waals surface area contributed by atoms with E-state index in [4.69, 9.17) is 0 Å².